The molecule has 0 aliphatic carbocycles. The van der Waals surface area contributed by atoms with Crippen molar-refractivity contribution in [2.24, 2.45) is 0 Å². The Morgan fingerprint density at radius 2 is 1.76 bits per heavy atom. The van der Waals surface area contributed by atoms with Crippen molar-refractivity contribution in [2.45, 2.75) is 19.4 Å². The van der Waals surface area contributed by atoms with Gasteiger partial charge in [0.1, 0.15) is 0 Å². The third-order valence-electron chi connectivity index (χ3n) is 3.77. The lowest BCUT2D eigenvalue weighted by Crippen LogP contribution is -2.27. The first-order valence-corrected chi connectivity index (χ1v) is 7.67. The van der Waals surface area contributed by atoms with Gasteiger partial charge in [0.05, 0.1) is 25.2 Å². The second kappa shape index (κ2) is 8.14. The Hall–Kier alpha value is -3.09. The van der Waals surface area contributed by atoms with Crippen LogP contribution in [0.4, 0.5) is 5.69 Å². The van der Waals surface area contributed by atoms with E-state index in [-0.39, 0.29) is 17.6 Å². The molecular weight excluding hydrogens is 324 g/mol. The summed E-state index contributed by atoms with van der Waals surface area (Å²) in [5.74, 6) is 1.00. The van der Waals surface area contributed by atoms with Gasteiger partial charge in [-0.25, -0.2) is 0 Å². The Morgan fingerprint density at radius 3 is 2.28 bits per heavy atom. The van der Waals surface area contributed by atoms with E-state index in [2.05, 4.69) is 5.32 Å². The summed E-state index contributed by atoms with van der Waals surface area (Å²) in [6.07, 6.45) is 0.493. The number of nitro benzene ring substituents is 1. The fourth-order valence-corrected chi connectivity index (χ4v) is 2.56. The number of nitro groups is 1. The van der Waals surface area contributed by atoms with Gasteiger partial charge in [0.15, 0.2) is 11.5 Å². The quantitative estimate of drug-likeness (QED) is 0.616. The number of ether oxygens (including phenoxy) is 2. The summed E-state index contributed by atoms with van der Waals surface area (Å²) in [5, 5.41) is 13.7. The lowest BCUT2D eigenvalue weighted by Gasteiger charge is -2.20. The first-order chi connectivity index (χ1) is 11.9. The van der Waals surface area contributed by atoms with Gasteiger partial charge in [0.25, 0.3) is 5.69 Å². The molecular formula is C18H20N2O5. The maximum atomic E-state index is 11.6. The van der Waals surface area contributed by atoms with Crippen molar-refractivity contribution in [2.75, 3.05) is 14.2 Å². The number of nitrogens with one attached hydrogen (secondary N) is 1. The van der Waals surface area contributed by atoms with E-state index >= 15 is 0 Å². The van der Waals surface area contributed by atoms with Crippen molar-refractivity contribution < 1.29 is 19.2 Å². The molecule has 0 aliphatic heterocycles. The Balaban J connectivity index is 2.29. The fourth-order valence-electron chi connectivity index (χ4n) is 2.56. The van der Waals surface area contributed by atoms with E-state index in [9.17, 15) is 14.9 Å². The fraction of sp³-hybridized carbons (Fsp3) is 0.278. The molecule has 1 amide bonds. The second-order valence-corrected chi connectivity index (χ2v) is 5.50. The minimum atomic E-state index is -0.441. The van der Waals surface area contributed by atoms with Crippen LogP contribution in [0, 0.1) is 10.1 Å². The molecule has 25 heavy (non-hydrogen) atoms. The third-order valence-corrected chi connectivity index (χ3v) is 3.77. The smallest absolute Gasteiger partial charge is 0.269 e. The van der Waals surface area contributed by atoms with Crippen molar-refractivity contribution in [3.63, 3.8) is 0 Å². The van der Waals surface area contributed by atoms with E-state index in [1.165, 1.54) is 19.1 Å². The molecule has 0 bridgehead atoms. The van der Waals surface area contributed by atoms with Crippen LogP contribution in [0.5, 0.6) is 11.5 Å². The SMILES string of the molecule is COc1ccc(C(Cc2ccc([N+](=O)[O-])cc2)NC(C)=O)cc1OC. The first kappa shape index (κ1) is 18.3. The molecule has 0 saturated carbocycles. The first-order valence-electron chi connectivity index (χ1n) is 7.67. The largest absolute Gasteiger partial charge is 0.493 e. The van der Waals surface area contributed by atoms with Crippen LogP contribution in [0.1, 0.15) is 24.1 Å². The Morgan fingerprint density at radius 1 is 1.12 bits per heavy atom. The van der Waals surface area contributed by atoms with Gasteiger partial charge >= 0.3 is 0 Å². The maximum absolute atomic E-state index is 11.6. The van der Waals surface area contributed by atoms with Crippen LogP contribution in [0.2, 0.25) is 0 Å². The van der Waals surface area contributed by atoms with E-state index in [1.807, 2.05) is 12.1 Å². The van der Waals surface area contributed by atoms with Gasteiger partial charge in [-0.1, -0.05) is 18.2 Å². The second-order valence-electron chi connectivity index (χ2n) is 5.50. The summed E-state index contributed by atoms with van der Waals surface area (Å²) >= 11 is 0. The van der Waals surface area contributed by atoms with Crippen LogP contribution in [0.3, 0.4) is 0 Å². The zero-order chi connectivity index (χ0) is 18.4. The number of nitrogens with zero attached hydrogens (tertiary/aromatic N) is 1. The van der Waals surface area contributed by atoms with E-state index in [4.69, 9.17) is 9.47 Å². The standard InChI is InChI=1S/C18H20N2O5/c1-12(21)19-16(10-13-4-7-15(8-5-13)20(22)23)14-6-9-17(24-2)18(11-14)25-3/h4-9,11,16H,10H2,1-3H3,(H,19,21). The van der Waals surface area contributed by atoms with Gasteiger partial charge in [0, 0.05) is 19.1 Å². The Bertz CT molecular complexity index is 759. The molecule has 0 saturated heterocycles. The zero-order valence-corrected chi connectivity index (χ0v) is 14.3. The number of carbonyl (C=O) groups excluding carboxylic acids is 1. The molecule has 0 aromatic heterocycles. The van der Waals surface area contributed by atoms with E-state index in [0.29, 0.717) is 17.9 Å². The summed E-state index contributed by atoms with van der Waals surface area (Å²) in [4.78, 5) is 21.9. The van der Waals surface area contributed by atoms with Crippen molar-refractivity contribution >= 4 is 11.6 Å². The van der Waals surface area contributed by atoms with Crippen molar-refractivity contribution in [1.82, 2.24) is 5.32 Å². The van der Waals surface area contributed by atoms with Gasteiger partial charge in [-0.15, -0.1) is 0 Å². The molecule has 7 heteroatoms. The molecule has 132 valence electrons. The number of hydrogen-bond acceptors (Lipinski definition) is 5. The number of amides is 1. The van der Waals surface area contributed by atoms with Crippen molar-refractivity contribution in [1.29, 1.82) is 0 Å². The van der Waals surface area contributed by atoms with Gasteiger partial charge in [-0.05, 0) is 29.7 Å². The summed E-state index contributed by atoms with van der Waals surface area (Å²) in [7, 11) is 3.10. The van der Waals surface area contributed by atoms with Crippen LogP contribution in [0.15, 0.2) is 42.5 Å². The molecule has 0 fully saturated rings. The van der Waals surface area contributed by atoms with Crippen LogP contribution >= 0.6 is 0 Å². The lowest BCUT2D eigenvalue weighted by molar-refractivity contribution is -0.384. The molecule has 1 unspecified atom stereocenters. The number of carbonyl (C=O) groups is 1. The van der Waals surface area contributed by atoms with Crippen LogP contribution in [-0.2, 0) is 11.2 Å². The molecule has 2 aromatic carbocycles. The van der Waals surface area contributed by atoms with Crippen LogP contribution < -0.4 is 14.8 Å². The predicted octanol–water partition coefficient (Wildman–Crippen LogP) is 3.03. The molecule has 1 atom stereocenters. The summed E-state index contributed by atoms with van der Waals surface area (Å²) in [6.45, 7) is 1.45. The van der Waals surface area contributed by atoms with Crippen LogP contribution in [-0.4, -0.2) is 25.1 Å². The molecule has 7 nitrogen and oxygen atoms in total. The molecule has 2 aromatic rings. The average Bonchev–Trinajstić information content (AvgIpc) is 2.60. The van der Waals surface area contributed by atoms with E-state index < -0.39 is 4.92 Å². The normalized spacial score (nSPS) is 11.5. The Labute approximate surface area is 145 Å². The summed E-state index contributed by atoms with van der Waals surface area (Å²) < 4.78 is 10.5. The van der Waals surface area contributed by atoms with E-state index in [0.717, 1.165) is 11.1 Å². The highest BCUT2D eigenvalue weighted by atomic mass is 16.6. The van der Waals surface area contributed by atoms with Gasteiger partial charge in [-0.3, -0.25) is 14.9 Å². The highest BCUT2D eigenvalue weighted by Gasteiger charge is 2.17. The third kappa shape index (κ3) is 4.69. The van der Waals surface area contributed by atoms with Crippen molar-refractivity contribution in [3.8, 4) is 11.5 Å². The highest BCUT2D eigenvalue weighted by molar-refractivity contribution is 5.73. The van der Waals surface area contributed by atoms with Gasteiger partial charge in [-0.2, -0.15) is 0 Å². The molecule has 1 N–H and O–H groups in total. The highest BCUT2D eigenvalue weighted by Crippen LogP contribution is 2.31. The monoisotopic (exact) mass is 344 g/mol. The van der Waals surface area contributed by atoms with Crippen LogP contribution in [0.25, 0.3) is 0 Å². The average molecular weight is 344 g/mol. The number of methoxy groups -OCH3 is 2. The number of hydrogen-bond donors (Lipinski definition) is 1. The van der Waals surface area contributed by atoms with Gasteiger partial charge < -0.3 is 14.8 Å². The molecule has 0 aliphatic rings. The molecule has 0 spiro atoms. The van der Waals surface area contributed by atoms with Crippen molar-refractivity contribution in [3.05, 3.63) is 63.7 Å². The molecule has 2 rings (SSSR count). The number of benzene rings is 2. The number of non-ortho nitro benzene ring substituents is 1. The lowest BCUT2D eigenvalue weighted by atomic mass is 9.98. The summed E-state index contributed by atoms with van der Waals surface area (Å²) in [5.41, 5.74) is 1.76. The minimum Gasteiger partial charge on any atom is -0.493 e. The number of rotatable bonds is 7. The summed E-state index contributed by atoms with van der Waals surface area (Å²) in [6, 6.07) is 11.4. The predicted molar refractivity (Wildman–Crippen MR) is 92.9 cm³/mol. The topological polar surface area (TPSA) is 90.7 Å². The maximum Gasteiger partial charge on any atom is 0.269 e. The zero-order valence-electron chi connectivity index (χ0n) is 14.3. The molecule has 0 radical (unpaired) electrons. The van der Waals surface area contributed by atoms with E-state index in [1.54, 1.807) is 32.4 Å². The van der Waals surface area contributed by atoms with Gasteiger partial charge in [0.2, 0.25) is 5.91 Å². The molecule has 0 heterocycles. The minimum absolute atomic E-state index is 0.0333. The Kier molecular flexibility index (Phi) is 5.94.